The van der Waals surface area contributed by atoms with Gasteiger partial charge in [-0.3, -0.25) is 9.67 Å². The number of benzene rings is 1. The largest absolute Gasteiger partial charge is 0.489 e. The van der Waals surface area contributed by atoms with Crippen molar-refractivity contribution in [3.63, 3.8) is 0 Å². The maximum absolute atomic E-state index is 6.12. The highest BCUT2D eigenvalue weighted by Crippen LogP contribution is 2.26. The molecule has 1 fully saturated rings. The molecule has 1 N–H and O–H groups in total. The average molecular weight is 441 g/mol. The van der Waals surface area contributed by atoms with Crippen LogP contribution in [0, 0.1) is 0 Å². The maximum atomic E-state index is 6.12. The van der Waals surface area contributed by atoms with Gasteiger partial charge in [-0.15, -0.1) is 0 Å². The predicted octanol–water partition coefficient (Wildman–Crippen LogP) is 5.26. The summed E-state index contributed by atoms with van der Waals surface area (Å²) < 4.78 is 7.98. The molecule has 7 heteroatoms. The van der Waals surface area contributed by atoms with E-state index in [0.717, 1.165) is 46.8 Å². The smallest absolute Gasteiger partial charge is 0.223 e. The minimum atomic E-state index is 0.316. The lowest BCUT2D eigenvalue weighted by Gasteiger charge is -2.22. The van der Waals surface area contributed by atoms with Gasteiger partial charge in [-0.05, 0) is 43.9 Å². The van der Waals surface area contributed by atoms with Gasteiger partial charge in [0, 0.05) is 24.4 Å². The molecular formula is C26H28N6O. The Balaban J connectivity index is 1.29. The number of ether oxygens (including phenoxy) is 1. The Hall–Kier alpha value is -3.74. The Morgan fingerprint density at radius 3 is 2.58 bits per heavy atom. The quantitative estimate of drug-likeness (QED) is 0.422. The molecular weight excluding hydrogens is 412 g/mol. The molecule has 0 spiro atoms. The topological polar surface area (TPSA) is 77.8 Å². The van der Waals surface area contributed by atoms with Crippen LogP contribution in [-0.2, 0) is 13.6 Å². The number of nitrogens with one attached hydrogen (secondary N) is 1. The van der Waals surface area contributed by atoms with Crippen molar-refractivity contribution in [2.45, 2.75) is 44.8 Å². The van der Waals surface area contributed by atoms with E-state index < -0.39 is 0 Å². The van der Waals surface area contributed by atoms with Gasteiger partial charge in [-0.2, -0.15) is 5.10 Å². The number of hydrogen-bond acceptors (Lipinski definition) is 6. The predicted molar refractivity (Wildman–Crippen MR) is 129 cm³/mol. The van der Waals surface area contributed by atoms with E-state index in [0.29, 0.717) is 18.6 Å². The number of nitrogens with zero attached hydrogens (tertiary/aromatic N) is 5. The molecule has 168 valence electrons. The summed E-state index contributed by atoms with van der Waals surface area (Å²) in [6.07, 6.45) is 11.8. The molecule has 0 radical (unpaired) electrons. The van der Waals surface area contributed by atoms with Crippen molar-refractivity contribution >= 4 is 5.95 Å². The highest BCUT2D eigenvalue weighted by atomic mass is 16.5. The van der Waals surface area contributed by atoms with Crippen molar-refractivity contribution in [3.8, 4) is 28.3 Å². The molecule has 4 aromatic rings. The highest BCUT2D eigenvalue weighted by molar-refractivity contribution is 5.63. The van der Waals surface area contributed by atoms with Gasteiger partial charge in [-0.1, -0.05) is 36.8 Å². The first-order valence-electron chi connectivity index (χ1n) is 11.5. The second kappa shape index (κ2) is 9.81. The van der Waals surface area contributed by atoms with Crippen LogP contribution in [0.4, 0.5) is 5.95 Å². The number of hydrogen-bond donors (Lipinski definition) is 1. The van der Waals surface area contributed by atoms with E-state index in [2.05, 4.69) is 25.4 Å². The average Bonchev–Trinajstić information content (AvgIpc) is 3.25. The van der Waals surface area contributed by atoms with Gasteiger partial charge in [0.25, 0.3) is 0 Å². The zero-order valence-corrected chi connectivity index (χ0v) is 18.8. The minimum Gasteiger partial charge on any atom is -0.489 e. The van der Waals surface area contributed by atoms with E-state index in [1.807, 2.05) is 72.7 Å². The van der Waals surface area contributed by atoms with E-state index in [1.54, 1.807) is 6.20 Å². The molecule has 1 aliphatic carbocycles. The fourth-order valence-corrected chi connectivity index (χ4v) is 4.25. The number of pyridine rings is 1. The van der Waals surface area contributed by atoms with Crippen molar-refractivity contribution in [1.82, 2.24) is 24.7 Å². The monoisotopic (exact) mass is 440 g/mol. The van der Waals surface area contributed by atoms with Crippen LogP contribution < -0.4 is 10.1 Å². The lowest BCUT2D eigenvalue weighted by molar-refractivity contribution is 0.154. The van der Waals surface area contributed by atoms with Gasteiger partial charge in [0.2, 0.25) is 5.95 Å². The van der Waals surface area contributed by atoms with Crippen LogP contribution in [0.3, 0.4) is 0 Å². The minimum absolute atomic E-state index is 0.316. The van der Waals surface area contributed by atoms with Crippen LogP contribution in [0.1, 0.15) is 37.8 Å². The normalized spacial score (nSPS) is 14.2. The summed E-state index contributed by atoms with van der Waals surface area (Å²) in [6, 6.07) is 16.0. The van der Waals surface area contributed by atoms with Crippen molar-refractivity contribution in [2.75, 3.05) is 5.32 Å². The van der Waals surface area contributed by atoms with Crippen LogP contribution in [0.15, 0.2) is 67.1 Å². The van der Waals surface area contributed by atoms with Gasteiger partial charge >= 0.3 is 0 Å². The van der Waals surface area contributed by atoms with Crippen molar-refractivity contribution in [2.24, 2.45) is 7.05 Å². The Bertz CT molecular complexity index is 1180. The van der Waals surface area contributed by atoms with Gasteiger partial charge in [0.1, 0.15) is 5.75 Å². The van der Waals surface area contributed by atoms with E-state index in [9.17, 15) is 0 Å². The number of aryl methyl sites for hydroxylation is 1. The number of rotatable bonds is 7. The van der Waals surface area contributed by atoms with E-state index >= 15 is 0 Å². The molecule has 1 aliphatic rings. The second-order valence-corrected chi connectivity index (χ2v) is 8.37. The summed E-state index contributed by atoms with van der Waals surface area (Å²) >= 11 is 0. The molecule has 3 heterocycles. The molecule has 33 heavy (non-hydrogen) atoms. The SMILES string of the molecule is Cn1ncc(-c2ccc(OC3CCCCC3)cn2)c1CNc1nccc(-c2ccccc2)n1. The van der Waals surface area contributed by atoms with Gasteiger partial charge in [0.15, 0.2) is 0 Å². The fourth-order valence-electron chi connectivity index (χ4n) is 4.25. The first kappa shape index (κ1) is 21.1. The van der Waals surface area contributed by atoms with Gasteiger partial charge in [0.05, 0.1) is 42.1 Å². The molecule has 5 rings (SSSR count). The molecule has 3 aromatic heterocycles. The van der Waals surface area contributed by atoms with Crippen molar-refractivity contribution in [1.29, 1.82) is 0 Å². The summed E-state index contributed by atoms with van der Waals surface area (Å²) in [7, 11) is 1.93. The Morgan fingerprint density at radius 1 is 0.939 bits per heavy atom. The lowest BCUT2D eigenvalue weighted by Crippen LogP contribution is -2.19. The molecule has 1 aromatic carbocycles. The third-order valence-electron chi connectivity index (χ3n) is 6.07. The van der Waals surface area contributed by atoms with Crippen LogP contribution in [0.5, 0.6) is 5.75 Å². The van der Waals surface area contributed by atoms with Gasteiger partial charge < -0.3 is 10.1 Å². The molecule has 0 saturated heterocycles. The summed E-state index contributed by atoms with van der Waals surface area (Å²) in [6.45, 7) is 0.534. The van der Waals surface area contributed by atoms with E-state index in [-0.39, 0.29) is 0 Å². The molecule has 0 amide bonds. The third-order valence-corrected chi connectivity index (χ3v) is 6.07. The Labute approximate surface area is 193 Å². The molecule has 1 saturated carbocycles. The second-order valence-electron chi connectivity index (χ2n) is 8.37. The molecule has 0 aliphatic heterocycles. The standard InChI is InChI=1S/C26H28N6O/c1-32-25(18-29-26-27-15-14-23(31-26)19-8-4-2-5-9-19)22(17-30-32)24-13-12-21(16-28-24)33-20-10-6-3-7-11-20/h2,4-5,8-9,12-17,20H,3,6-7,10-11,18H2,1H3,(H,27,29,31). The van der Waals surface area contributed by atoms with Crippen LogP contribution >= 0.6 is 0 Å². The maximum Gasteiger partial charge on any atom is 0.223 e. The summed E-state index contributed by atoms with van der Waals surface area (Å²) in [5, 5.41) is 7.79. The van der Waals surface area contributed by atoms with Crippen LogP contribution in [0.25, 0.3) is 22.5 Å². The van der Waals surface area contributed by atoms with Crippen molar-refractivity contribution < 1.29 is 4.74 Å². The zero-order chi connectivity index (χ0) is 22.5. The molecule has 7 nitrogen and oxygen atoms in total. The number of aromatic nitrogens is 5. The highest BCUT2D eigenvalue weighted by Gasteiger charge is 2.16. The van der Waals surface area contributed by atoms with Crippen LogP contribution in [0.2, 0.25) is 0 Å². The molecule has 0 bridgehead atoms. The van der Waals surface area contributed by atoms with E-state index in [1.165, 1.54) is 19.3 Å². The third kappa shape index (κ3) is 5.03. The number of anilines is 1. The Morgan fingerprint density at radius 2 is 1.79 bits per heavy atom. The first-order valence-corrected chi connectivity index (χ1v) is 11.5. The zero-order valence-electron chi connectivity index (χ0n) is 18.8. The molecule has 0 unspecified atom stereocenters. The summed E-state index contributed by atoms with van der Waals surface area (Å²) in [5.74, 6) is 1.41. The van der Waals surface area contributed by atoms with Gasteiger partial charge in [-0.25, -0.2) is 9.97 Å². The van der Waals surface area contributed by atoms with Crippen molar-refractivity contribution in [3.05, 3.63) is 72.8 Å². The first-order chi connectivity index (χ1) is 16.3. The fraction of sp³-hybridized carbons (Fsp3) is 0.308. The molecule has 0 atom stereocenters. The Kier molecular flexibility index (Phi) is 6.28. The summed E-state index contributed by atoms with van der Waals surface area (Å²) in [4.78, 5) is 13.7. The van der Waals surface area contributed by atoms with E-state index in [4.69, 9.17) is 4.74 Å². The summed E-state index contributed by atoms with van der Waals surface area (Å²) in [5.41, 5.74) is 4.80. The lowest BCUT2D eigenvalue weighted by atomic mass is 9.98. The van der Waals surface area contributed by atoms with Crippen LogP contribution in [-0.4, -0.2) is 30.8 Å².